The number of hydrogen-bond acceptors (Lipinski definition) is 3. The number of non-ortho nitro benzene ring substituents is 1. The highest BCUT2D eigenvalue weighted by molar-refractivity contribution is 5.49. The van der Waals surface area contributed by atoms with Crippen LogP contribution in [0.2, 0.25) is 0 Å². The van der Waals surface area contributed by atoms with Crippen LogP contribution in [0, 0.1) is 10.1 Å². The predicted molar refractivity (Wildman–Crippen MR) is 56.8 cm³/mol. The fourth-order valence-electron chi connectivity index (χ4n) is 1.41. The fraction of sp³-hybridized carbons (Fsp3) is 0.364. The van der Waals surface area contributed by atoms with E-state index in [1.54, 1.807) is 12.1 Å². The van der Waals surface area contributed by atoms with Gasteiger partial charge >= 0.3 is 0 Å². The summed E-state index contributed by atoms with van der Waals surface area (Å²) in [7, 11) is 0. The molecule has 1 rings (SSSR count). The molecule has 0 N–H and O–H groups in total. The van der Waals surface area contributed by atoms with Gasteiger partial charge in [0.25, 0.3) is 5.69 Å². The SMILES string of the molecule is CC(CCC=O)c1ccc([N+](=O)[O-])cc1. The van der Waals surface area contributed by atoms with Crippen molar-refractivity contribution in [2.75, 3.05) is 0 Å². The third-order valence-electron chi connectivity index (χ3n) is 2.39. The molecule has 0 aliphatic carbocycles. The number of nitro groups is 1. The molecule has 0 heterocycles. The zero-order valence-corrected chi connectivity index (χ0v) is 8.55. The number of rotatable bonds is 5. The molecule has 1 atom stereocenters. The summed E-state index contributed by atoms with van der Waals surface area (Å²) in [6.45, 7) is 2.00. The minimum atomic E-state index is -0.417. The average molecular weight is 207 g/mol. The predicted octanol–water partition coefficient (Wildman–Crippen LogP) is 2.68. The first kappa shape index (κ1) is 11.4. The molecular formula is C11H13NO3. The average Bonchev–Trinajstić information content (AvgIpc) is 2.26. The first-order valence-electron chi connectivity index (χ1n) is 4.83. The van der Waals surface area contributed by atoms with Crippen molar-refractivity contribution in [1.82, 2.24) is 0 Å². The molecule has 0 bridgehead atoms. The third kappa shape index (κ3) is 3.16. The fourth-order valence-corrected chi connectivity index (χ4v) is 1.41. The zero-order valence-electron chi connectivity index (χ0n) is 8.55. The Labute approximate surface area is 88.1 Å². The standard InChI is InChI=1S/C11H13NO3/c1-9(3-2-8-13)10-4-6-11(7-5-10)12(14)15/h4-9H,2-3H2,1H3. The van der Waals surface area contributed by atoms with Gasteiger partial charge in [0, 0.05) is 18.6 Å². The van der Waals surface area contributed by atoms with E-state index in [0.29, 0.717) is 6.42 Å². The third-order valence-corrected chi connectivity index (χ3v) is 2.39. The smallest absolute Gasteiger partial charge is 0.269 e. The van der Waals surface area contributed by atoms with Crippen molar-refractivity contribution in [3.8, 4) is 0 Å². The maximum absolute atomic E-state index is 10.4. The Balaban J connectivity index is 2.70. The Morgan fingerprint density at radius 1 is 1.40 bits per heavy atom. The molecule has 1 aromatic rings. The van der Waals surface area contributed by atoms with E-state index in [9.17, 15) is 14.9 Å². The molecule has 0 aliphatic rings. The van der Waals surface area contributed by atoms with Gasteiger partial charge in [-0.25, -0.2) is 0 Å². The Morgan fingerprint density at radius 2 is 2.00 bits per heavy atom. The number of carbonyl (C=O) groups is 1. The second-order valence-electron chi connectivity index (χ2n) is 3.49. The molecule has 80 valence electrons. The summed E-state index contributed by atoms with van der Waals surface area (Å²) in [5.41, 5.74) is 1.13. The summed E-state index contributed by atoms with van der Waals surface area (Å²) < 4.78 is 0. The van der Waals surface area contributed by atoms with Crippen LogP contribution in [0.15, 0.2) is 24.3 Å². The Kier molecular flexibility index (Phi) is 3.97. The van der Waals surface area contributed by atoms with E-state index in [0.717, 1.165) is 18.3 Å². The summed E-state index contributed by atoms with van der Waals surface area (Å²) in [5.74, 6) is 0.260. The largest absolute Gasteiger partial charge is 0.303 e. The number of carbonyl (C=O) groups excluding carboxylic acids is 1. The van der Waals surface area contributed by atoms with E-state index >= 15 is 0 Å². The summed E-state index contributed by atoms with van der Waals surface area (Å²) in [5, 5.41) is 10.4. The van der Waals surface area contributed by atoms with E-state index in [2.05, 4.69) is 0 Å². The summed E-state index contributed by atoms with van der Waals surface area (Å²) in [6.07, 6.45) is 2.20. The topological polar surface area (TPSA) is 60.2 Å². The second kappa shape index (κ2) is 5.24. The van der Waals surface area contributed by atoms with Crippen LogP contribution in [0.25, 0.3) is 0 Å². The van der Waals surface area contributed by atoms with Crippen LogP contribution in [0.3, 0.4) is 0 Å². The van der Waals surface area contributed by atoms with E-state index in [1.165, 1.54) is 12.1 Å². The van der Waals surface area contributed by atoms with Crippen molar-refractivity contribution in [3.63, 3.8) is 0 Å². The van der Waals surface area contributed by atoms with Crippen LogP contribution in [0.5, 0.6) is 0 Å². The van der Waals surface area contributed by atoms with E-state index in [4.69, 9.17) is 0 Å². The number of benzene rings is 1. The number of aldehydes is 1. The summed E-state index contributed by atoms with van der Waals surface area (Å²) >= 11 is 0. The molecule has 0 saturated heterocycles. The minimum Gasteiger partial charge on any atom is -0.303 e. The van der Waals surface area contributed by atoms with Crippen LogP contribution in [0.4, 0.5) is 5.69 Å². The molecule has 15 heavy (non-hydrogen) atoms. The maximum Gasteiger partial charge on any atom is 0.269 e. The lowest BCUT2D eigenvalue weighted by Gasteiger charge is -2.08. The molecule has 4 nitrogen and oxygen atoms in total. The van der Waals surface area contributed by atoms with E-state index in [-0.39, 0.29) is 11.6 Å². The van der Waals surface area contributed by atoms with Gasteiger partial charge in [-0.3, -0.25) is 10.1 Å². The molecule has 0 radical (unpaired) electrons. The van der Waals surface area contributed by atoms with Gasteiger partial charge in [-0.1, -0.05) is 19.1 Å². The van der Waals surface area contributed by atoms with Crippen molar-refractivity contribution in [2.45, 2.75) is 25.7 Å². The van der Waals surface area contributed by atoms with Crippen molar-refractivity contribution >= 4 is 12.0 Å². The van der Waals surface area contributed by atoms with E-state index in [1.807, 2.05) is 6.92 Å². The van der Waals surface area contributed by atoms with Gasteiger partial charge < -0.3 is 4.79 Å². The maximum atomic E-state index is 10.4. The summed E-state index contributed by atoms with van der Waals surface area (Å²) in [4.78, 5) is 20.2. The second-order valence-corrected chi connectivity index (χ2v) is 3.49. The van der Waals surface area contributed by atoms with Gasteiger partial charge in [0.1, 0.15) is 6.29 Å². The molecule has 0 fully saturated rings. The number of hydrogen-bond donors (Lipinski definition) is 0. The van der Waals surface area contributed by atoms with Gasteiger partial charge in [-0.2, -0.15) is 0 Å². The van der Waals surface area contributed by atoms with Gasteiger partial charge in [0.05, 0.1) is 4.92 Å². The number of nitro benzene ring substituents is 1. The summed E-state index contributed by atoms with van der Waals surface area (Å²) in [6, 6.07) is 6.47. The van der Waals surface area contributed by atoms with Crippen LogP contribution < -0.4 is 0 Å². The van der Waals surface area contributed by atoms with Gasteiger partial charge in [-0.15, -0.1) is 0 Å². The first-order chi connectivity index (χ1) is 7.15. The Hall–Kier alpha value is -1.71. The highest BCUT2D eigenvalue weighted by Crippen LogP contribution is 2.22. The number of nitrogens with zero attached hydrogens (tertiary/aromatic N) is 1. The van der Waals surface area contributed by atoms with Crippen LogP contribution in [0.1, 0.15) is 31.2 Å². The van der Waals surface area contributed by atoms with E-state index < -0.39 is 4.92 Å². The molecule has 1 aromatic carbocycles. The van der Waals surface area contributed by atoms with Crippen molar-refractivity contribution in [3.05, 3.63) is 39.9 Å². The Morgan fingerprint density at radius 3 is 2.47 bits per heavy atom. The normalized spacial score (nSPS) is 12.1. The van der Waals surface area contributed by atoms with Gasteiger partial charge in [0.2, 0.25) is 0 Å². The van der Waals surface area contributed by atoms with Gasteiger partial charge in [-0.05, 0) is 17.9 Å². The van der Waals surface area contributed by atoms with Crippen LogP contribution in [-0.2, 0) is 4.79 Å². The highest BCUT2D eigenvalue weighted by atomic mass is 16.6. The molecule has 4 heteroatoms. The minimum absolute atomic E-state index is 0.0985. The highest BCUT2D eigenvalue weighted by Gasteiger charge is 2.08. The molecule has 0 aromatic heterocycles. The first-order valence-corrected chi connectivity index (χ1v) is 4.83. The molecule has 0 aliphatic heterocycles. The van der Waals surface area contributed by atoms with Crippen LogP contribution >= 0.6 is 0 Å². The molecule has 0 spiro atoms. The quantitative estimate of drug-likeness (QED) is 0.423. The lowest BCUT2D eigenvalue weighted by atomic mass is 9.96. The molecule has 0 saturated carbocycles. The zero-order chi connectivity index (χ0) is 11.3. The lowest BCUT2D eigenvalue weighted by Crippen LogP contribution is -1.95. The molecule has 0 amide bonds. The van der Waals surface area contributed by atoms with Crippen molar-refractivity contribution in [1.29, 1.82) is 0 Å². The monoisotopic (exact) mass is 207 g/mol. The molecule has 1 unspecified atom stereocenters. The van der Waals surface area contributed by atoms with Crippen molar-refractivity contribution in [2.24, 2.45) is 0 Å². The molecular weight excluding hydrogens is 194 g/mol. The lowest BCUT2D eigenvalue weighted by molar-refractivity contribution is -0.384. The Bertz CT molecular complexity index is 345. The van der Waals surface area contributed by atoms with Crippen molar-refractivity contribution < 1.29 is 9.72 Å². The van der Waals surface area contributed by atoms with Gasteiger partial charge in [0.15, 0.2) is 0 Å². The van der Waals surface area contributed by atoms with Crippen LogP contribution in [-0.4, -0.2) is 11.2 Å².